The Balaban J connectivity index is 0.000000231. The van der Waals surface area contributed by atoms with E-state index in [1.54, 1.807) is 37.4 Å². The maximum atomic E-state index is 4.49. The molecule has 18 nitrogen and oxygen atoms in total. The summed E-state index contributed by atoms with van der Waals surface area (Å²) < 4.78 is 6.19. The van der Waals surface area contributed by atoms with Crippen molar-refractivity contribution in [3.63, 3.8) is 0 Å². The van der Waals surface area contributed by atoms with Gasteiger partial charge in [-0.15, -0.1) is 0 Å². The van der Waals surface area contributed by atoms with Crippen molar-refractivity contribution in [2.45, 2.75) is 243 Å². The minimum absolute atomic E-state index is 0.0685. The summed E-state index contributed by atoms with van der Waals surface area (Å²) in [5.74, 6) is 2.05. The highest BCUT2D eigenvalue weighted by Crippen LogP contribution is 2.27. The Morgan fingerprint density at radius 3 is 1.47 bits per heavy atom. The quantitative estimate of drug-likeness (QED) is 0.0966. The van der Waals surface area contributed by atoms with Crippen molar-refractivity contribution in [1.82, 2.24) is 88.5 Å². The second-order valence-electron chi connectivity index (χ2n) is 33.3. The SMILES string of the molecule is CC(C)(C)c1ccc2nc[nH]c2c1.CC(C)(C)c1ccc2nccn2c1.CC(C)(C)c1cn[nH]c1.CC(C)(C)c1cnc[nH]1.CC(C)(C)c1nc2ccncc2[nH]1.CC(C)(C)c1ncc[nH]1.CC(C)(C)n1ccnc1.Cc1ccc(C(C)(C)C)cn1.Cn1cncc1C(C)(C)C. The molecule has 12 aromatic rings. The smallest absolute Gasteiger partial charge is 0.136 e. The predicted molar refractivity (Wildman–Crippen MR) is 400 cm³/mol. The first-order valence-corrected chi connectivity index (χ1v) is 33.2. The van der Waals surface area contributed by atoms with Crippen molar-refractivity contribution in [2.75, 3.05) is 0 Å². The fraction of sp³-hybridized carbons (Fsp3) is 0.487. The third kappa shape index (κ3) is 26.8. The van der Waals surface area contributed by atoms with Gasteiger partial charge in [-0.05, 0) is 102 Å². The van der Waals surface area contributed by atoms with Gasteiger partial charge in [0.1, 0.15) is 17.3 Å². The largest absolute Gasteiger partial charge is 0.348 e. The molecule has 0 bridgehead atoms. The standard InChI is InChI=1S/2C11H14N2.C10H13N3.C10H15N.C8H14N2.4C7H12N2/c1-11(2,3)8-4-5-9-10(6-8)13-7-12-9;1-11(2,3)9-4-5-10-12-6-7-13(10)8-9;1-10(2,3)9-12-7-4-5-11-6-8(7)13-9;1-8-5-6-9(7-11-8)10(2,3)4;1-8(2,3)7-5-9-6-10(7)4;1-7(2,3)6-4-8-5-9-6;1-7(2,3)6-4-8-9-5-6;1-7(2,3)9-5-4-8-6-9;1-7(2,3)6-8-4-5-9-6/h4-7H,1-3H3,(H,12,13);4-8H,1-3H3;4-6H,1-3H3,(H,12,13);5-7H,1-4H3;5-6H,1-4H3;2*4-5H,1-3H3,(H,8,9);4-6H,1-3H3;4-5H,1-3H3,(H,8,9). The maximum Gasteiger partial charge on any atom is 0.136 e. The molecule has 0 radical (unpaired) electrons. The molecule has 0 atom stereocenters. The molecule has 5 N–H and O–H groups in total. The Morgan fingerprint density at radius 2 is 1.05 bits per heavy atom. The summed E-state index contributed by atoms with van der Waals surface area (Å²) in [4.78, 5) is 49.7. The zero-order valence-electron chi connectivity index (χ0n) is 63.8. The molecule has 11 heterocycles. The van der Waals surface area contributed by atoms with Gasteiger partial charge in [-0.25, -0.2) is 34.9 Å². The van der Waals surface area contributed by atoms with Gasteiger partial charge in [0.2, 0.25) is 0 Å². The first kappa shape index (κ1) is 79.6. The number of nitrogens with zero attached hydrogens (tertiary/aromatic N) is 13. The van der Waals surface area contributed by atoms with Crippen molar-refractivity contribution in [1.29, 1.82) is 0 Å². The summed E-state index contributed by atoms with van der Waals surface area (Å²) >= 11 is 0. The fourth-order valence-electron chi connectivity index (χ4n) is 8.63. The average Bonchev–Trinajstić information content (AvgIpc) is 1.65. The van der Waals surface area contributed by atoms with Gasteiger partial charge in [0.25, 0.3) is 0 Å². The number of rotatable bonds is 0. The number of imidazole rings is 7. The second kappa shape index (κ2) is 33.2. The Bertz CT molecular complexity index is 3740. The van der Waals surface area contributed by atoms with E-state index in [2.05, 4.69) is 324 Å². The monoisotopic (exact) mass is 1310 g/mol. The van der Waals surface area contributed by atoms with Crippen LogP contribution in [-0.2, 0) is 55.9 Å². The highest BCUT2D eigenvalue weighted by molar-refractivity contribution is 5.75. The van der Waals surface area contributed by atoms with Crippen LogP contribution >= 0.6 is 0 Å². The number of H-pyrrole nitrogens is 5. The van der Waals surface area contributed by atoms with Crippen molar-refractivity contribution in [3.8, 4) is 0 Å². The van der Waals surface area contributed by atoms with Gasteiger partial charge in [-0.3, -0.25) is 15.1 Å². The Morgan fingerprint density at radius 1 is 0.417 bits per heavy atom. The molecule has 520 valence electrons. The Kier molecular flexibility index (Phi) is 27.6. The zero-order chi connectivity index (χ0) is 72.3. The minimum atomic E-state index is 0.0685. The van der Waals surface area contributed by atoms with Crippen LogP contribution in [0, 0.1) is 6.92 Å². The van der Waals surface area contributed by atoms with E-state index in [1.807, 2.05) is 88.5 Å². The molecule has 0 unspecified atom stereocenters. The topological polar surface area (TPSA) is 222 Å². The van der Waals surface area contributed by atoms with E-state index in [0.717, 1.165) is 45.1 Å². The van der Waals surface area contributed by atoms with Crippen LogP contribution in [0.1, 0.15) is 238 Å². The van der Waals surface area contributed by atoms with Gasteiger partial charge in [0.05, 0.1) is 59.8 Å². The van der Waals surface area contributed by atoms with Crippen molar-refractivity contribution in [2.24, 2.45) is 7.05 Å². The predicted octanol–water partition coefficient (Wildman–Crippen LogP) is 18.9. The third-order valence-electron chi connectivity index (χ3n) is 15.1. The number of hydrogen-bond acceptors (Lipinski definition) is 10. The van der Waals surface area contributed by atoms with Crippen LogP contribution in [-0.4, -0.2) is 88.5 Å². The first-order valence-electron chi connectivity index (χ1n) is 33.2. The molecule has 0 spiro atoms. The number of benzene rings is 1. The number of aromatic nitrogens is 18. The number of pyridine rings is 3. The molecular weight excluding hydrogens is 1190 g/mol. The van der Waals surface area contributed by atoms with E-state index in [4.69, 9.17) is 0 Å². The molecular formula is C78H118N18. The number of hydrogen-bond donors (Lipinski definition) is 5. The van der Waals surface area contributed by atoms with Gasteiger partial charge in [-0.1, -0.05) is 184 Å². The van der Waals surface area contributed by atoms with E-state index in [1.165, 1.54) is 33.6 Å². The van der Waals surface area contributed by atoms with E-state index >= 15 is 0 Å². The number of aryl methyl sites for hydroxylation is 2. The zero-order valence-corrected chi connectivity index (χ0v) is 63.8. The molecule has 12 rings (SSSR count). The molecule has 0 aliphatic carbocycles. The van der Waals surface area contributed by atoms with Gasteiger partial charge < -0.3 is 33.5 Å². The Hall–Kier alpha value is -8.80. The molecule has 18 heteroatoms. The molecule has 96 heavy (non-hydrogen) atoms. The number of fused-ring (bicyclic) bond motifs is 3. The fourth-order valence-corrected chi connectivity index (χ4v) is 8.63. The van der Waals surface area contributed by atoms with Crippen LogP contribution in [0.4, 0.5) is 0 Å². The molecule has 0 saturated carbocycles. The van der Waals surface area contributed by atoms with Crippen LogP contribution in [0.25, 0.3) is 27.7 Å². The molecule has 0 amide bonds. The summed E-state index contributed by atoms with van der Waals surface area (Å²) in [5, 5.41) is 6.65. The summed E-state index contributed by atoms with van der Waals surface area (Å²) in [5.41, 5.74) is 15.6. The molecule has 0 saturated heterocycles. The van der Waals surface area contributed by atoms with Gasteiger partial charge in [-0.2, -0.15) is 5.10 Å². The average molecular weight is 1310 g/mol. The summed E-state index contributed by atoms with van der Waals surface area (Å²) in [6.07, 6.45) is 33.5. The lowest BCUT2D eigenvalue weighted by molar-refractivity contribution is 0.396. The highest BCUT2D eigenvalue weighted by Gasteiger charge is 2.21. The van der Waals surface area contributed by atoms with Gasteiger partial charge in [0.15, 0.2) is 0 Å². The summed E-state index contributed by atoms with van der Waals surface area (Å²) in [7, 11) is 2.02. The van der Waals surface area contributed by atoms with E-state index in [-0.39, 0.29) is 48.9 Å². The van der Waals surface area contributed by atoms with Gasteiger partial charge >= 0.3 is 0 Å². The molecule has 0 fully saturated rings. The lowest BCUT2D eigenvalue weighted by atomic mass is 9.87. The number of aromatic amines is 5. The van der Waals surface area contributed by atoms with Crippen LogP contribution < -0.4 is 0 Å². The van der Waals surface area contributed by atoms with Crippen LogP contribution in [0.2, 0.25) is 0 Å². The van der Waals surface area contributed by atoms with Crippen LogP contribution in [0.3, 0.4) is 0 Å². The minimum Gasteiger partial charge on any atom is -0.348 e. The van der Waals surface area contributed by atoms with Crippen molar-refractivity contribution < 1.29 is 0 Å². The van der Waals surface area contributed by atoms with Gasteiger partial charge in [0, 0.05) is 126 Å². The Labute approximate surface area is 574 Å². The van der Waals surface area contributed by atoms with Crippen molar-refractivity contribution in [3.05, 3.63) is 212 Å². The normalized spacial score (nSPS) is 12.0. The first-order chi connectivity index (χ1) is 44.2. The molecule has 1 aromatic carbocycles. The second-order valence-corrected chi connectivity index (χ2v) is 33.3. The van der Waals surface area contributed by atoms with Crippen LogP contribution in [0.5, 0.6) is 0 Å². The maximum absolute atomic E-state index is 4.49. The summed E-state index contributed by atoms with van der Waals surface area (Å²) in [6.45, 7) is 60.6. The molecule has 11 aromatic heterocycles. The van der Waals surface area contributed by atoms with Crippen molar-refractivity contribution >= 4 is 27.7 Å². The van der Waals surface area contributed by atoms with E-state index in [9.17, 15) is 0 Å². The van der Waals surface area contributed by atoms with E-state index < -0.39 is 0 Å². The molecule has 0 aliphatic rings. The lowest BCUT2D eigenvalue weighted by Gasteiger charge is -2.19. The number of nitrogens with one attached hydrogen (secondary N) is 5. The lowest BCUT2D eigenvalue weighted by Crippen LogP contribution is -2.19. The third-order valence-corrected chi connectivity index (χ3v) is 15.1. The van der Waals surface area contributed by atoms with Crippen LogP contribution in [0.15, 0.2) is 161 Å². The summed E-state index contributed by atoms with van der Waals surface area (Å²) in [6, 6.07) is 16.7. The van der Waals surface area contributed by atoms with E-state index in [0.29, 0.717) is 0 Å². The highest BCUT2D eigenvalue weighted by atomic mass is 15.1. The molecule has 0 aliphatic heterocycles.